The van der Waals surface area contributed by atoms with E-state index < -0.39 is 0 Å². The van der Waals surface area contributed by atoms with E-state index in [1.807, 2.05) is 6.92 Å². The molecule has 3 N–H and O–H groups in total. The summed E-state index contributed by atoms with van der Waals surface area (Å²) in [6, 6.07) is -0.304. The lowest BCUT2D eigenvalue weighted by molar-refractivity contribution is -0.122. The highest BCUT2D eigenvalue weighted by atomic mass is 16.2. The molecule has 14 heavy (non-hydrogen) atoms. The number of amides is 1. The second kappa shape index (κ2) is 6.02. The van der Waals surface area contributed by atoms with Gasteiger partial charge in [-0.1, -0.05) is 32.6 Å². The van der Waals surface area contributed by atoms with Crippen LogP contribution in [0.3, 0.4) is 0 Å². The standard InChI is InChI=1S/C11H22N2O/c1-2-4-10(12)11(14)13-8-7-9-5-3-6-9/h9-10H,2-8,12H2,1H3,(H,13,14)/t10-/m1/s1. The zero-order valence-electron chi connectivity index (χ0n) is 9.09. The third-order valence-corrected chi connectivity index (χ3v) is 3.01. The number of hydrogen-bond acceptors (Lipinski definition) is 2. The molecular formula is C11H22N2O. The zero-order valence-corrected chi connectivity index (χ0v) is 9.09. The molecule has 0 heterocycles. The molecule has 1 aliphatic carbocycles. The smallest absolute Gasteiger partial charge is 0.236 e. The molecule has 1 fully saturated rings. The summed E-state index contributed by atoms with van der Waals surface area (Å²) in [6.45, 7) is 2.85. The van der Waals surface area contributed by atoms with E-state index in [9.17, 15) is 4.79 Å². The zero-order chi connectivity index (χ0) is 10.4. The minimum atomic E-state index is -0.304. The van der Waals surface area contributed by atoms with Crippen molar-refractivity contribution < 1.29 is 4.79 Å². The van der Waals surface area contributed by atoms with Crippen LogP contribution in [0.1, 0.15) is 45.4 Å². The van der Waals surface area contributed by atoms with Crippen LogP contribution in [0.4, 0.5) is 0 Å². The fourth-order valence-electron chi connectivity index (χ4n) is 1.75. The molecule has 1 atom stereocenters. The average Bonchev–Trinajstić information content (AvgIpc) is 2.09. The fraction of sp³-hybridized carbons (Fsp3) is 0.909. The summed E-state index contributed by atoms with van der Waals surface area (Å²) in [5, 5.41) is 2.90. The van der Waals surface area contributed by atoms with Crippen molar-refractivity contribution in [2.45, 2.75) is 51.5 Å². The highest BCUT2D eigenvalue weighted by Crippen LogP contribution is 2.28. The highest BCUT2D eigenvalue weighted by molar-refractivity contribution is 5.81. The Bertz CT molecular complexity index is 178. The molecule has 0 aliphatic heterocycles. The van der Waals surface area contributed by atoms with Gasteiger partial charge in [0.25, 0.3) is 0 Å². The predicted molar refractivity (Wildman–Crippen MR) is 57.9 cm³/mol. The van der Waals surface area contributed by atoms with Gasteiger partial charge in [-0.05, 0) is 18.8 Å². The maximum atomic E-state index is 11.4. The molecule has 0 aromatic carbocycles. The predicted octanol–water partition coefficient (Wildman–Crippen LogP) is 1.42. The summed E-state index contributed by atoms with van der Waals surface area (Å²) in [5.41, 5.74) is 5.68. The Morgan fingerprint density at radius 2 is 2.29 bits per heavy atom. The van der Waals surface area contributed by atoms with E-state index >= 15 is 0 Å². The largest absolute Gasteiger partial charge is 0.355 e. The van der Waals surface area contributed by atoms with Crippen molar-refractivity contribution in [3.05, 3.63) is 0 Å². The maximum absolute atomic E-state index is 11.4. The van der Waals surface area contributed by atoms with Gasteiger partial charge in [0.2, 0.25) is 5.91 Å². The molecule has 0 radical (unpaired) electrons. The van der Waals surface area contributed by atoms with Gasteiger partial charge in [0.15, 0.2) is 0 Å². The molecule has 3 nitrogen and oxygen atoms in total. The van der Waals surface area contributed by atoms with Crippen molar-refractivity contribution in [2.75, 3.05) is 6.54 Å². The van der Waals surface area contributed by atoms with Crippen LogP contribution in [0, 0.1) is 5.92 Å². The lowest BCUT2D eigenvalue weighted by Crippen LogP contribution is -2.41. The second-order valence-corrected chi connectivity index (χ2v) is 4.27. The lowest BCUT2D eigenvalue weighted by Gasteiger charge is -2.25. The van der Waals surface area contributed by atoms with Gasteiger partial charge in [-0.3, -0.25) is 4.79 Å². The van der Waals surface area contributed by atoms with Crippen LogP contribution in [0.2, 0.25) is 0 Å². The summed E-state index contributed by atoms with van der Waals surface area (Å²) in [4.78, 5) is 11.4. The van der Waals surface area contributed by atoms with Crippen molar-refractivity contribution in [3.8, 4) is 0 Å². The molecular weight excluding hydrogens is 176 g/mol. The Kier molecular flexibility index (Phi) is 4.94. The van der Waals surface area contributed by atoms with Crippen LogP contribution in [-0.4, -0.2) is 18.5 Å². The highest BCUT2D eigenvalue weighted by Gasteiger charge is 2.17. The van der Waals surface area contributed by atoms with Crippen LogP contribution < -0.4 is 11.1 Å². The minimum absolute atomic E-state index is 0.0196. The summed E-state index contributed by atoms with van der Waals surface area (Å²) < 4.78 is 0. The first-order valence-corrected chi connectivity index (χ1v) is 5.77. The van der Waals surface area contributed by atoms with Crippen LogP contribution in [-0.2, 0) is 4.79 Å². The first-order chi connectivity index (χ1) is 6.74. The topological polar surface area (TPSA) is 55.1 Å². The second-order valence-electron chi connectivity index (χ2n) is 4.27. The number of nitrogens with two attached hydrogens (primary N) is 1. The summed E-state index contributed by atoms with van der Waals surface area (Å²) in [5.74, 6) is 0.879. The van der Waals surface area contributed by atoms with Gasteiger partial charge >= 0.3 is 0 Å². The van der Waals surface area contributed by atoms with E-state index in [2.05, 4.69) is 5.32 Å². The van der Waals surface area contributed by atoms with Crippen molar-refractivity contribution >= 4 is 5.91 Å². The van der Waals surface area contributed by atoms with Crippen molar-refractivity contribution in [3.63, 3.8) is 0 Å². The number of carbonyl (C=O) groups is 1. The Labute approximate surface area is 86.4 Å². The first kappa shape index (κ1) is 11.5. The third-order valence-electron chi connectivity index (χ3n) is 3.01. The Balaban J connectivity index is 2.01. The van der Waals surface area contributed by atoms with Gasteiger partial charge in [-0.15, -0.1) is 0 Å². The first-order valence-electron chi connectivity index (χ1n) is 5.77. The number of carbonyl (C=O) groups excluding carboxylic acids is 1. The molecule has 82 valence electrons. The van der Waals surface area contributed by atoms with Crippen molar-refractivity contribution in [1.82, 2.24) is 5.32 Å². The number of nitrogens with one attached hydrogen (secondary N) is 1. The molecule has 0 bridgehead atoms. The third kappa shape index (κ3) is 3.66. The molecule has 3 heteroatoms. The minimum Gasteiger partial charge on any atom is -0.355 e. The van der Waals surface area contributed by atoms with E-state index in [0.29, 0.717) is 0 Å². The molecule has 1 amide bonds. The van der Waals surface area contributed by atoms with E-state index in [1.165, 1.54) is 19.3 Å². The van der Waals surface area contributed by atoms with Crippen molar-refractivity contribution in [1.29, 1.82) is 0 Å². The molecule has 1 rings (SSSR count). The Morgan fingerprint density at radius 3 is 2.79 bits per heavy atom. The van der Waals surface area contributed by atoms with Crippen LogP contribution in [0.15, 0.2) is 0 Å². The lowest BCUT2D eigenvalue weighted by atomic mass is 9.83. The van der Waals surface area contributed by atoms with Gasteiger partial charge in [-0.25, -0.2) is 0 Å². The summed E-state index contributed by atoms with van der Waals surface area (Å²) in [6.07, 6.45) is 6.94. The number of rotatable bonds is 6. The number of hydrogen-bond donors (Lipinski definition) is 2. The average molecular weight is 198 g/mol. The Morgan fingerprint density at radius 1 is 1.57 bits per heavy atom. The normalized spacial score (nSPS) is 18.7. The van der Waals surface area contributed by atoms with E-state index in [1.54, 1.807) is 0 Å². The Hall–Kier alpha value is -0.570. The van der Waals surface area contributed by atoms with E-state index in [-0.39, 0.29) is 11.9 Å². The summed E-state index contributed by atoms with van der Waals surface area (Å²) >= 11 is 0. The summed E-state index contributed by atoms with van der Waals surface area (Å²) in [7, 11) is 0. The monoisotopic (exact) mass is 198 g/mol. The van der Waals surface area contributed by atoms with Crippen LogP contribution in [0.25, 0.3) is 0 Å². The molecule has 0 spiro atoms. The van der Waals surface area contributed by atoms with Gasteiger partial charge in [-0.2, -0.15) is 0 Å². The molecule has 0 unspecified atom stereocenters. The molecule has 0 aromatic heterocycles. The van der Waals surface area contributed by atoms with Gasteiger partial charge < -0.3 is 11.1 Å². The maximum Gasteiger partial charge on any atom is 0.236 e. The molecule has 0 aromatic rings. The molecule has 1 saturated carbocycles. The van der Waals surface area contributed by atoms with Crippen LogP contribution in [0.5, 0.6) is 0 Å². The quantitative estimate of drug-likeness (QED) is 0.678. The fourth-order valence-corrected chi connectivity index (χ4v) is 1.75. The van der Waals surface area contributed by atoms with Crippen LogP contribution >= 0.6 is 0 Å². The SMILES string of the molecule is CCC[C@@H](N)C(=O)NCCC1CCC1. The molecule has 1 aliphatic rings. The van der Waals surface area contributed by atoms with E-state index in [0.717, 1.165) is 31.7 Å². The van der Waals surface area contributed by atoms with Gasteiger partial charge in [0.1, 0.15) is 0 Å². The van der Waals surface area contributed by atoms with E-state index in [4.69, 9.17) is 5.73 Å². The van der Waals surface area contributed by atoms with Gasteiger partial charge in [0, 0.05) is 6.54 Å². The van der Waals surface area contributed by atoms with Crippen molar-refractivity contribution in [2.24, 2.45) is 11.7 Å². The van der Waals surface area contributed by atoms with Gasteiger partial charge in [0.05, 0.1) is 6.04 Å². The molecule has 0 saturated heterocycles.